The molecule has 1 aliphatic carbocycles. The highest BCUT2D eigenvalue weighted by molar-refractivity contribution is 7.91. The van der Waals surface area contributed by atoms with Crippen molar-refractivity contribution in [1.82, 2.24) is 25.1 Å². The Morgan fingerprint density at radius 1 is 1.12 bits per heavy atom. The fourth-order valence-electron chi connectivity index (χ4n) is 4.52. The van der Waals surface area contributed by atoms with Crippen LogP contribution in [0.15, 0.2) is 30.6 Å². The fourth-order valence-corrected chi connectivity index (χ4v) is 6.23. The quantitative estimate of drug-likeness (QED) is 0.519. The molecule has 1 aliphatic heterocycles. The molecule has 0 radical (unpaired) electrons. The average molecular weight is 491 g/mol. The number of carbonyl (C=O) groups is 3. The lowest BCUT2D eigenvalue weighted by Gasteiger charge is -2.33. The number of hydrogen-bond acceptors (Lipinski definition) is 9. The molecule has 1 atom stereocenters. The van der Waals surface area contributed by atoms with Gasteiger partial charge in [0.2, 0.25) is 5.91 Å². The highest BCUT2D eigenvalue weighted by Crippen LogP contribution is 2.29. The van der Waals surface area contributed by atoms with Crippen molar-refractivity contribution in [2.24, 2.45) is 0 Å². The van der Waals surface area contributed by atoms with Crippen molar-refractivity contribution in [3.8, 4) is 0 Å². The second kappa shape index (κ2) is 10.3. The highest BCUT2D eigenvalue weighted by atomic mass is 32.2. The van der Waals surface area contributed by atoms with Crippen LogP contribution in [-0.4, -0.2) is 81.5 Å². The number of nitrogens with zero attached hydrogens (tertiary/aromatic N) is 5. The van der Waals surface area contributed by atoms with Crippen LogP contribution in [0, 0.1) is 0 Å². The number of para-hydroxylation sites is 1. The molecule has 1 N–H and O–H groups in total. The zero-order valence-electron chi connectivity index (χ0n) is 18.5. The number of ether oxygens (including phenoxy) is 1. The molecule has 2 amide bonds. The largest absolute Gasteiger partial charge is 0.452 e. The lowest BCUT2D eigenvalue weighted by Crippen LogP contribution is -2.48. The van der Waals surface area contributed by atoms with Gasteiger partial charge in [-0.1, -0.05) is 25.0 Å². The summed E-state index contributed by atoms with van der Waals surface area (Å²) in [6, 6.07) is 5.86. The van der Waals surface area contributed by atoms with Crippen LogP contribution in [-0.2, 0) is 30.7 Å². The van der Waals surface area contributed by atoms with Crippen LogP contribution in [0.2, 0.25) is 0 Å². The molecular weight excluding hydrogens is 464 g/mol. The smallest absolute Gasteiger partial charge is 0.340 e. The molecule has 182 valence electrons. The van der Waals surface area contributed by atoms with Gasteiger partial charge in [-0.25, -0.2) is 17.9 Å². The number of anilines is 1. The zero-order valence-corrected chi connectivity index (χ0v) is 19.3. The second-order valence-electron chi connectivity index (χ2n) is 8.47. The van der Waals surface area contributed by atoms with Gasteiger partial charge in [-0.15, -0.1) is 5.10 Å². The van der Waals surface area contributed by atoms with E-state index < -0.39 is 40.3 Å². The van der Waals surface area contributed by atoms with E-state index in [0.29, 0.717) is 6.42 Å². The average Bonchev–Trinajstić information content (AvgIpc) is 3.56. The summed E-state index contributed by atoms with van der Waals surface area (Å²) in [5, 5.41) is 13.2. The molecule has 1 saturated heterocycles. The predicted molar refractivity (Wildman–Crippen MR) is 119 cm³/mol. The third kappa shape index (κ3) is 5.76. The van der Waals surface area contributed by atoms with Gasteiger partial charge >= 0.3 is 5.97 Å². The van der Waals surface area contributed by atoms with E-state index in [1.54, 1.807) is 23.1 Å². The Kier molecular flexibility index (Phi) is 7.20. The summed E-state index contributed by atoms with van der Waals surface area (Å²) in [5.74, 6) is -1.61. The lowest BCUT2D eigenvalue weighted by molar-refractivity contribution is -0.139. The van der Waals surface area contributed by atoms with Crippen molar-refractivity contribution in [2.45, 2.75) is 50.7 Å². The first-order valence-electron chi connectivity index (χ1n) is 11.1. The SMILES string of the molecule is O=C(Cn1cnnn1)Nc1ccccc1C(=O)OCC(=O)N(C1CCCC1)C1CCS(=O)(=O)C1. The Morgan fingerprint density at radius 3 is 2.56 bits per heavy atom. The first-order chi connectivity index (χ1) is 16.3. The van der Waals surface area contributed by atoms with Crippen molar-refractivity contribution in [1.29, 1.82) is 0 Å². The number of carbonyl (C=O) groups excluding carboxylic acids is 3. The Hall–Kier alpha value is -3.35. The molecule has 2 heterocycles. The minimum Gasteiger partial charge on any atom is -0.452 e. The Bertz CT molecular complexity index is 1150. The van der Waals surface area contributed by atoms with E-state index in [9.17, 15) is 22.8 Å². The maximum absolute atomic E-state index is 13.1. The topological polar surface area (TPSA) is 153 Å². The van der Waals surface area contributed by atoms with Gasteiger partial charge in [-0.05, 0) is 41.8 Å². The second-order valence-corrected chi connectivity index (χ2v) is 10.7. The predicted octanol–water partition coefficient (Wildman–Crippen LogP) is 0.427. The maximum atomic E-state index is 13.1. The number of amides is 2. The first-order valence-corrected chi connectivity index (χ1v) is 12.9. The van der Waals surface area contributed by atoms with E-state index in [2.05, 4.69) is 20.8 Å². The van der Waals surface area contributed by atoms with Crippen LogP contribution in [0.4, 0.5) is 5.69 Å². The van der Waals surface area contributed by atoms with Gasteiger partial charge in [0.15, 0.2) is 16.4 Å². The Morgan fingerprint density at radius 2 is 1.88 bits per heavy atom. The van der Waals surface area contributed by atoms with E-state index in [0.717, 1.165) is 25.7 Å². The van der Waals surface area contributed by atoms with Gasteiger partial charge in [-0.2, -0.15) is 0 Å². The van der Waals surface area contributed by atoms with Gasteiger partial charge in [-0.3, -0.25) is 9.59 Å². The molecule has 0 spiro atoms. The summed E-state index contributed by atoms with van der Waals surface area (Å²) >= 11 is 0. The summed E-state index contributed by atoms with van der Waals surface area (Å²) in [4.78, 5) is 39.7. The van der Waals surface area contributed by atoms with Crippen molar-refractivity contribution in [3.05, 3.63) is 36.2 Å². The number of hydrogen-bond donors (Lipinski definition) is 1. The van der Waals surface area contributed by atoms with Crippen molar-refractivity contribution < 1.29 is 27.5 Å². The normalized spacial score (nSPS) is 19.6. The molecule has 12 nitrogen and oxygen atoms in total. The van der Waals surface area contributed by atoms with E-state index in [4.69, 9.17) is 4.74 Å². The van der Waals surface area contributed by atoms with Gasteiger partial charge < -0.3 is 15.0 Å². The summed E-state index contributed by atoms with van der Waals surface area (Å²) < 4.78 is 30.5. The summed E-state index contributed by atoms with van der Waals surface area (Å²) in [7, 11) is -3.17. The Labute approximate surface area is 196 Å². The molecule has 1 saturated carbocycles. The van der Waals surface area contributed by atoms with Gasteiger partial charge in [0.05, 0.1) is 22.8 Å². The van der Waals surface area contributed by atoms with Crippen LogP contribution < -0.4 is 5.32 Å². The molecule has 2 aromatic rings. The summed E-state index contributed by atoms with van der Waals surface area (Å²) in [6.45, 7) is -0.645. The van der Waals surface area contributed by atoms with Gasteiger partial charge in [0, 0.05) is 12.1 Å². The lowest BCUT2D eigenvalue weighted by atomic mass is 10.1. The molecule has 34 heavy (non-hydrogen) atoms. The van der Waals surface area contributed by atoms with Crippen LogP contribution in [0.1, 0.15) is 42.5 Å². The number of tetrazole rings is 1. The third-order valence-corrected chi connectivity index (χ3v) is 7.80. The number of aromatic nitrogens is 4. The molecule has 1 unspecified atom stereocenters. The van der Waals surface area contributed by atoms with E-state index in [1.165, 1.54) is 17.1 Å². The van der Waals surface area contributed by atoms with Gasteiger partial charge in [0.1, 0.15) is 12.9 Å². The number of esters is 1. The fraction of sp³-hybridized carbons (Fsp3) is 0.524. The molecule has 2 fully saturated rings. The summed E-state index contributed by atoms with van der Waals surface area (Å²) in [6.07, 6.45) is 5.27. The van der Waals surface area contributed by atoms with Crippen LogP contribution in [0.5, 0.6) is 0 Å². The molecule has 1 aromatic heterocycles. The monoisotopic (exact) mass is 490 g/mol. The number of benzene rings is 1. The summed E-state index contributed by atoms with van der Waals surface area (Å²) in [5.41, 5.74) is 0.323. The molecule has 1 aromatic carbocycles. The van der Waals surface area contributed by atoms with E-state index in [1.807, 2.05) is 0 Å². The van der Waals surface area contributed by atoms with E-state index >= 15 is 0 Å². The van der Waals surface area contributed by atoms with Crippen molar-refractivity contribution in [2.75, 3.05) is 23.4 Å². The minimum atomic E-state index is -3.17. The first kappa shape index (κ1) is 23.8. The number of sulfone groups is 1. The molecule has 0 bridgehead atoms. The van der Waals surface area contributed by atoms with E-state index in [-0.39, 0.29) is 35.3 Å². The van der Waals surface area contributed by atoms with Crippen LogP contribution in [0.25, 0.3) is 0 Å². The molecule has 4 rings (SSSR count). The molecular formula is C21H26N6O6S. The van der Waals surface area contributed by atoms with Gasteiger partial charge in [0.25, 0.3) is 5.91 Å². The Balaban J connectivity index is 1.40. The number of nitrogens with one attached hydrogen (secondary N) is 1. The van der Waals surface area contributed by atoms with Crippen molar-refractivity contribution >= 4 is 33.3 Å². The minimum absolute atomic E-state index is 0.0395. The number of rotatable bonds is 8. The van der Waals surface area contributed by atoms with Crippen LogP contribution >= 0.6 is 0 Å². The maximum Gasteiger partial charge on any atom is 0.340 e. The standard InChI is InChI=1S/C21H26N6O6S/c28-19(11-26-14-22-24-25-26)23-18-8-4-3-7-17(18)21(30)33-12-20(29)27(15-5-1-2-6-15)16-9-10-34(31,32)13-16/h3-4,7-8,14-16H,1-2,5-6,9-13H2,(H,23,28). The van der Waals surface area contributed by atoms with Crippen LogP contribution in [0.3, 0.4) is 0 Å². The third-order valence-electron chi connectivity index (χ3n) is 6.05. The molecule has 13 heteroatoms. The van der Waals surface area contributed by atoms with Crippen molar-refractivity contribution in [3.63, 3.8) is 0 Å². The zero-order chi connectivity index (χ0) is 24.1. The molecule has 2 aliphatic rings. The highest BCUT2D eigenvalue weighted by Gasteiger charge is 2.39.